The smallest absolute Gasteiger partial charge is 0.246 e. The van der Waals surface area contributed by atoms with Crippen molar-refractivity contribution in [2.75, 3.05) is 6.61 Å². The highest BCUT2D eigenvalue weighted by atomic mass is 16.5. The van der Waals surface area contributed by atoms with Gasteiger partial charge in [-0.2, -0.15) is 0 Å². The Morgan fingerprint density at radius 2 is 2.36 bits per heavy atom. The molecule has 0 aromatic heterocycles. The van der Waals surface area contributed by atoms with Crippen molar-refractivity contribution in [1.82, 2.24) is 0 Å². The second kappa shape index (κ2) is 2.79. The average Bonchev–Trinajstić information content (AvgIpc) is 1.86. The molecule has 4 nitrogen and oxygen atoms in total. The molecular weight excluding hydrogens is 144 g/mol. The lowest BCUT2D eigenvalue weighted by atomic mass is 9.93. The zero-order valence-electron chi connectivity index (χ0n) is 6.67. The summed E-state index contributed by atoms with van der Waals surface area (Å²) in [5.41, 5.74) is 10.5. The van der Waals surface area contributed by atoms with Gasteiger partial charge in [-0.1, -0.05) is 0 Å². The Bertz CT molecular complexity index is 158. The molecule has 1 heterocycles. The van der Waals surface area contributed by atoms with Crippen LogP contribution in [0.3, 0.4) is 0 Å². The van der Waals surface area contributed by atoms with Crippen LogP contribution in [0.25, 0.3) is 0 Å². The number of amides is 1. The Morgan fingerprint density at radius 3 is 2.73 bits per heavy atom. The summed E-state index contributed by atoms with van der Waals surface area (Å²) in [7, 11) is 0. The normalized spacial score (nSPS) is 38.5. The van der Waals surface area contributed by atoms with Gasteiger partial charge in [0.1, 0.15) is 6.10 Å². The third kappa shape index (κ3) is 2.17. The molecule has 0 aromatic rings. The number of carbonyl (C=O) groups is 1. The summed E-state index contributed by atoms with van der Waals surface area (Å²) in [4.78, 5) is 10.6. The third-order valence-corrected chi connectivity index (χ3v) is 1.91. The third-order valence-electron chi connectivity index (χ3n) is 1.91. The summed E-state index contributed by atoms with van der Waals surface area (Å²) in [6.45, 7) is 2.32. The van der Waals surface area contributed by atoms with E-state index in [1.54, 1.807) is 0 Å². The van der Waals surface area contributed by atoms with Crippen LogP contribution in [0.5, 0.6) is 0 Å². The lowest BCUT2D eigenvalue weighted by molar-refractivity contribution is -0.134. The Kier molecular flexibility index (Phi) is 2.15. The fourth-order valence-electron chi connectivity index (χ4n) is 1.13. The molecule has 1 amide bonds. The maximum Gasteiger partial charge on any atom is 0.246 e. The number of hydrogen-bond donors (Lipinski definition) is 2. The molecule has 1 fully saturated rings. The Labute approximate surface area is 65.9 Å². The van der Waals surface area contributed by atoms with Crippen molar-refractivity contribution < 1.29 is 9.53 Å². The molecule has 64 valence electrons. The number of carbonyl (C=O) groups excluding carboxylic acids is 1. The fraction of sp³-hybridized carbons (Fsp3) is 0.857. The zero-order chi connectivity index (χ0) is 8.48. The van der Waals surface area contributed by atoms with E-state index in [2.05, 4.69) is 0 Å². The predicted octanol–water partition coefficient (Wildman–Crippen LogP) is -0.632. The van der Waals surface area contributed by atoms with Crippen molar-refractivity contribution >= 4 is 5.91 Å². The minimum Gasteiger partial charge on any atom is -0.367 e. The lowest BCUT2D eigenvalue weighted by Crippen LogP contribution is -2.49. The van der Waals surface area contributed by atoms with Gasteiger partial charge in [-0.3, -0.25) is 4.79 Å². The van der Waals surface area contributed by atoms with Gasteiger partial charge in [0.05, 0.1) is 6.61 Å². The van der Waals surface area contributed by atoms with E-state index in [0.29, 0.717) is 13.0 Å². The molecule has 4 heteroatoms. The van der Waals surface area contributed by atoms with Gasteiger partial charge in [0, 0.05) is 5.54 Å². The molecule has 0 saturated carbocycles. The van der Waals surface area contributed by atoms with Crippen molar-refractivity contribution in [3.05, 3.63) is 0 Å². The molecule has 0 aliphatic carbocycles. The van der Waals surface area contributed by atoms with E-state index < -0.39 is 6.10 Å². The van der Waals surface area contributed by atoms with Crippen molar-refractivity contribution in [3.63, 3.8) is 0 Å². The second-order valence-electron chi connectivity index (χ2n) is 3.39. The number of primary amides is 1. The molecule has 0 bridgehead atoms. The number of hydrogen-bond acceptors (Lipinski definition) is 3. The second-order valence-corrected chi connectivity index (χ2v) is 3.39. The Balaban J connectivity index is 2.42. The molecule has 11 heavy (non-hydrogen) atoms. The molecule has 1 aliphatic heterocycles. The highest BCUT2D eigenvalue weighted by molar-refractivity contribution is 5.78. The van der Waals surface area contributed by atoms with Crippen LogP contribution in [0, 0.1) is 0 Å². The van der Waals surface area contributed by atoms with Gasteiger partial charge in [-0.15, -0.1) is 0 Å². The topological polar surface area (TPSA) is 78.3 Å². The summed E-state index contributed by atoms with van der Waals surface area (Å²) < 4.78 is 5.16. The number of nitrogens with two attached hydrogens (primary N) is 2. The molecule has 1 saturated heterocycles. The summed E-state index contributed by atoms with van der Waals surface area (Å²) in [5, 5.41) is 0. The molecule has 1 unspecified atom stereocenters. The van der Waals surface area contributed by atoms with Crippen LogP contribution in [0.2, 0.25) is 0 Å². The largest absolute Gasteiger partial charge is 0.367 e. The number of ether oxygens (including phenoxy) is 1. The van der Waals surface area contributed by atoms with Gasteiger partial charge in [-0.05, 0) is 19.8 Å². The first-order valence-corrected chi connectivity index (χ1v) is 3.71. The molecule has 1 rings (SSSR count). The van der Waals surface area contributed by atoms with E-state index in [-0.39, 0.29) is 11.4 Å². The summed E-state index contributed by atoms with van der Waals surface area (Å²) in [5.74, 6) is -0.388. The highest BCUT2D eigenvalue weighted by Gasteiger charge is 2.30. The van der Waals surface area contributed by atoms with E-state index in [4.69, 9.17) is 16.2 Å². The first kappa shape index (κ1) is 8.49. The molecule has 0 radical (unpaired) electrons. The van der Waals surface area contributed by atoms with Gasteiger partial charge in [-0.25, -0.2) is 0 Å². The lowest BCUT2D eigenvalue weighted by Gasteiger charge is -2.32. The van der Waals surface area contributed by atoms with Gasteiger partial charge < -0.3 is 16.2 Å². The maximum absolute atomic E-state index is 10.6. The van der Waals surface area contributed by atoms with E-state index >= 15 is 0 Å². The maximum atomic E-state index is 10.6. The van der Waals surface area contributed by atoms with Crippen molar-refractivity contribution in [2.24, 2.45) is 11.5 Å². The summed E-state index contributed by atoms with van der Waals surface area (Å²) >= 11 is 0. The van der Waals surface area contributed by atoms with Crippen LogP contribution in [0.15, 0.2) is 0 Å². The average molecular weight is 158 g/mol. The van der Waals surface area contributed by atoms with Crippen LogP contribution in [0.4, 0.5) is 0 Å². The first-order valence-electron chi connectivity index (χ1n) is 3.71. The van der Waals surface area contributed by atoms with Crippen molar-refractivity contribution in [2.45, 2.75) is 31.4 Å². The monoisotopic (exact) mass is 158 g/mol. The molecular formula is C7H14N2O2. The van der Waals surface area contributed by atoms with Gasteiger partial charge >= 0.3 is 0 Å². The van der Waals surface area contributed by atoms with E-state index in [1.807, 2.05) is 6.92 Å². The van der Waals surface area contributed by atoms with Crippen LogP contribution in [0.1, 0.15) is 19.8 Å². The van der Waals surface area contributed by atoms with E-state index in [9.17, 15) is 4.79 Å². The minimum absolute atomic E-state index is 0.286. The quantitative estimate of drug-likeness (QED) is 0.533. The molecule has 1 aliphatic rings. The molecule has 2 atom stereocenters. The highest BCUT2D eigenvalue weighted by Crippen LogP contribution is 2.19. The Hall–Kier alpha value is -0.610. The standard InChI is InChI=1S/C7H14N2O2/c1-7(9)3-2-5(6(8)10)11-4-7/h5H,2-4,9H2,1H3,(H2,8,10)/t5-,7?/m0/s1. The number of rotatable bonds is 1. The molecule has 0 aromatic carbocycles. The van der Waals surface area contributed by atoms with E-state index in [1.165, 1.54) is 0 Å². The zero-order valence-corrected chi connectivity index (χ0v) is 6.67. The van der Waals surface area contributed by atoms with Crippen molar-refractivity contribution in [1.29, 1.82) is 0 Å². The van der Waals surface area contributed by atoms with Crippen LogP contribution in [-0.4, -0.2) is 24.2 Å². The van der Waals surface area contributed by atoms with Crippen LogP contribution >= 0.6 is 0 Å². The van der Waals surface area contributed by atoms with Crippen LogP contribution < -0.4 is 11.5 Å². The fourth-order valence-corrected chi connectivity index (χ4v) is 1.13. The SMILES string of the molecule is CC1(N)CC[C@@H](C(N)=O)OC1. The van der Waals surface area contributed by atoms with Crippen molar-refractivity contribution in [3.8, 4) is 0 Å². The van der Waals surface area contributed by atoms with E-state index in [0.717, 1.165) is 6.42 Å². The Morgan fingerprint density at radius 1 is 1.73 bits per heavy atom. The van der Waals surface area contributed by atoms with Gasteiger partial charge in [0.25, 0.3) is 0 Å². The van der Waals surface area contributed by atoms with Gasteiger partial charge in [0.15, 0.2) is 0 Å². The molecule has 4 N–H and O–H groups in total. The first-order chi connectivity index (χ1) is 5.01. The summed E-state index contributed by atoms with van der Waals surface area (Å²) in [6.07, 6.45) is 1.01. The van der Waals surface area contributed by atoms with Gasteiger partial charge in [0.2, 0.25) is 5.91 Å². The van der Waals surface area contributed by atoms with Crippen LogP contribution in [-0.2, 0) is 9.53 Å². The summed E-state index contributed by atoms with van der Waals surface area (Å²) in [6, 6.07) is 0. The predicted molar refractivity (Wildman–Crippen MR) is 40.8 cm³/mol. The molecule has 0 spiro atoms. The minimum atomic E-state index is -0.424.